The van der Waals surface area contributed by atoms with Gasteiger partial charge in [-0.15, -0.1) is 0 Å². The summed E-state index contributed by atoms with van der Waals surface area (Å²) in [4.78, 5) is 16.2. The van der Waals surface area contributed by atoms with Crippen molar-refractivity contribution < 1.29 is 22.7 Å². The van der Waals surface area contributed by atoms with Crippen molar-refractivity contribution in [2.24, 2.45) is 0 Å². The van der Waals surface area contributed by atoms with E-state index in [1.165, 1.54) is 19.2 Å². The fraction of sp³-hybridized carbons (Fsp3) is 0.286. The average molecular weight is 356 g/mol. The molecule has 0 spiro atoms. The van der Waals surface area contributed by atoms with Crippen LogP contribution >= 0.6 is 11.3 Å². The third-order valence-corrected chi connectivity index (χ3v) is 5.39. The molecule has 1 heterocycles. The zero-order valence-electron chi connectivity index (χ0n) is 12.8. The number of methoxy groups -OCH3 is 1. The molecule has 0 aliphatic carbocycles. The van der Waals surface area contributed by atoms with Crippen LogP contribution in [-0.4, -0.2) is 33.1 Å². The third kappa shape index (κ3) is 3.99. The van der Waals surface area contributed by atoms with E-state index in [1.54, 1.807) is 26.0 Å². The highest BCUT2D eigenvalue weighted by Gasteiger charge is 2.20. The van der Waals surface area contributed by atoms with Crippen LogP contribution in [0.3, 0.4) is 0 Å². The highest BCUT2D eigenvalue weighted by Crippen LogP contribution is 2.26. The summed E-state index contributed by atoms with van der Waals surface area (Å²) >= 11 is 0.936. The summed E-state index contributed by atoms with van der Waals surface area (Å²) < 4.78 is 36.9. The average Bonchev–Trinajstić information content (AvgIpc) is 2.87. The summed E-state index contributed by atoms with van der Waals surface area (Å²) in [7, 11) is -2.29. The van der Waals surface area contributed by atoms with Crippen molar-refractivity contribution in [1.82, 2.24) is 4.98 Å². The van der Waals surface area contributed by atoms with Crippen molar-refractivity contribution >= 4 is 32.5 Å². The Balaban J connectivity index is 2.23. The van der Waals surface area contributed by atoms with Gasteiger partial charge in [-0.3, -0.25) is 4.72 Å². The number of carbonyl (C=O) groups is 1. The molecule has 1 aromatic heterocycles. The van der Waals surface area contributed by atoms with Gasteiger partial charge in [0, 0.05) is 0 Å². The summed E-state index contributed by atoms with van der Waals surface area (Å²) in [6, 6.07) is 5.94. The predicted molar refractivity (Wildman–Crippen MR) is 86.6 cm³/mol. The van der Waals surface area contributed by atoms with E-state index in [1.807, 2.05) is 0 Å². The van der Waals surface area contributed by atoms with Crippen LogP contribution < -0.4 is 9.46 Å². The van der Waals surface area contributed by atoms with Gasteiger partial charge in [0.2, 0.25) is 0 Å². The number of hydrogen-bond donors (Lipinski definition) is 1. The van der Waals surface area contributed by atoms with E-state index in [4.69, 9.17) is 9.47 Å². The number of aryl methyl sites for hydroxylation is 1. The van der Waals surface area contributed by atoms with Crippen LogP contribution in [0.2, 0.25) is 0 Å². The summed E-state index contributed by atoms with van der Waals surface area (Å²) in [5, 5.41) is 0.112. The number of benzene rings is 1. The molecule has 1 N–H and O–H groups in total. The first kappa shape index (κ1) is 17.2. The van der Waals surface area contributed by atoms with Crippen LogP contribution in [0, 0.1) is 6.92 Å². The summed E-state index contributed by atoms with van der Waals surface area (Å²) in [5.74, 6) is 0.0380. The van der Waals surface area contributed by atoms with Crippen molar-refractivity contribution in [2.75, 3.05) is 18.4 Å². The number of aromatic nitrogens is 1. The van der Waals surface area contributed by atoms with Gasteiger partial charge in [0.25, 0.3) is 10.0 Å². The maximum absolute atomic E-state index is 12.3. The topological polar surface area (TPSA) is 94.6 Å². The quantitative estimate of drug-likeness (QED) is 0.799. The molecule has 2 aromatic rings. The lowest BCUT2D eigenvalue weighted by Crippen LogP contribution is -2.12. The van der Waals surface area contributed by atoms with Crippen LogP contribution in [0.1, 0.15) is 22.3 Å². The Morgan fingerprint density at radius 3 is 2.52 bits per heavy atom. The standard InChI is InChI=1S/C14H16N2O5S2/c1-4-21-13(17)12-9(2)15-14(22-12)16-23(18,19)11-7-5-10(20-3)6-8-11/h5-8H,4H2,1-3H3,(H,15,16). The molecule has 0 bridgehead atoms. The number of rotatable bonds is 6. The highest BCUT2D eigenvalue weighted by molar-refractivity contribution is 7.93. The molecule has 9 heteroatoms. The number of anilines is 1. The maximum atomic E-state index is 12.3. The van der Waals surface area contributed by atoms with Crippen molar-refractivity contribution in [3.63, 3.8) is 0 Å². The van der Waals surface area contributed by atoms with Crippen LogP contribution in [0.15, 0.2) is 29.2 Å². The lowest BCUT2D eigenvalue weighted by molar-refractivity contribution is 0.0531. The van der Waals surface area contributed by atoms with E-state index in [0.717, 1.165) is 11.3 Å². The Hall–Kier alpha value is -2.13. The Bertz CT molecular complexity index is 797. The molecule has 2 rings (SSSR count). The number of thiazole rings is 1. The number of nitrogens with one attached hydrogen (secondary N) is 1. The Morgan fingerprint density at radius 1 is 1.30 bits per heavy atom. The molecule has 0 aliphatic rings. The Morgan fingerprint density at radius 2 is 1.96 bits per heavy atom. The smallest absolute Gasteiger partial charge is 0.350 e. The SMILES string of the molecule is CCOC(=O)c1sc(NS(=O)(=O)c2ccc(OC)cc2)nc1C. The number of hydrogen-bond acceptors (Lipinski definition) is 7. The van der Waals surface area contributed by atoms with Gasteiger partial charge in [0.1, 0.15) is 10.6 Å². The largest absolute Gasteiger partial charge is 0.497 e. The number of ether oxygens (including phenoxy) is 2. The molecular weight excluding hydrogens is 340 g/mol. The fourth-order valence-corrected chi connectivity index (χ4v) is 3.85. The van der Waals surface area contributed by atoms with E-state index in [2.05, 4.69) is 9.71 Å². The first-order valence-corrected chi connectivity index (χ1v) is 8.98. The minimum absolute atomic E-state index is 0.0730. The number of esters is 1. The zero-order valence-corrected chi connectivity index (χ0v) is 14.5. The second-order valence-corrected chi connectivity index (χ2v) is 7.12. The summed E-state index contributed by atoms with van der Waals surface area (Å²) in [6.45, 7) is 3.55. The highest BCUT2D eigenvalue weighted by atomic mass is 32.2. The number of nitrogens with zero attached hydrogens (tertiary/aromatic N) is 1. The van der Waals surface area contributed by atoms with Crippen LogP contribution in [-0.2, 0) is 14.8 Å². The van der Waals surface area contributed by atoms with Gasteiger partial charge in [-0.25, -0.2) is 18.2 Å². The van der Waals surface area contributed by atoms with Crippen LogP contribution in [0.5, 0.6) is 5.75 Å². The van der Waals surface area contributed by atoms with E-state index >= 15 is 0 Å². The lowest BCUT2D eigenvalue weighted by Gasteiger charge is -2.06. The molecule has 0 fully saturated rings. The predicted octanol–water partition coefficient (Wildman–Crippen LogP) is 2.44. The minimum Gasteiger partial charge on any atom is -0.497 e. The van der Waals surface area contributed by atoms with Crippen molar-refractivity contribution in [1.29, 1.82) is 0 Å². The third-order valence-electron chi connectivity index (χ3n) is 2.85. The molecule has 0 unspecified atom stereocenters. The number of sulfonamides is 1. The molecule has 0 saturated heterocycles. The lowest BCUT2D eigenvalue weighted by atomic mass is 10.3. The van der Waals surface area contributed by atoms with Gasteiger partial charge in [0.05, 0.1) is 24.3 Å². The summed E-state index contributed by atoms with van der Waals surface area (Å²) in [5.41, 5.74) is 0.417. The molecule has 0 amide bonds. The molecule has 0 aliphatic heterocycles. The van der Waals surface area contributed by atoms with Crippen LogP contribution in [0.4, 0.5) is 5.13 Å². The van der Waals surface area contributed by atoms with E-state index in [9.17, 15) is 13.2 Å². The van der Waals surface area contributed by atoms with Gasteiger partial charge >= 0.3 is 5.97 Å². The van der Waals surface area contributed by atoms with E-state index in [-0.39, 0.29) is 21.5 Å². The molecule has 0 saturated carbocycles. The monoisotopic (exact) mass is 356 g/mol. The Kier molecular flexibility index (Phi) is 5.22. The van der Waals surface area contributed by atoms with Gasteiger partial charge in [-0.05, 0) is 38.1 Å². The first-order valence-electron chi connectivity index (χ1n) is 6.68. The minimum atomic E-state index is -3.79. The maximum Gasteiger partial charge on any atom is 0.350 e. The second kappa shape index (κ2) is 6.97. The molecule has 23 heavy (non-hydrogen) atoms. The number of carbonyl (C=O) groups excluding carboxylic acids is 1. The molecule has 0 radical (unpaired) electrons. The molecule has 7 nitrogen and oxygen atoms in total. The van der Waals surface area contributed by atoms with Gasteiger partial charge in [0.15, 0.2) is 5.13 Å². The Labute approximate surface area is 138 Å². The molecule has 124 valence electrons. The molecule has 0 atom stereocenters. The normalized spacial score (nSPS) is 11.1. The van der Waals surface area contributed by atoms with E-state index < -0.39 is 16.0 Å². The summed E-state index contributed by atoms with van der Waals surface area (Å²) in [6.07, 6.45) is 0. The van der Waals surface area contributed by atoms with Gasteiger partial charge in [-0.2, -0.15) is 0 Å². The van der Waals surface area contributed by atoms with Crippen molar-refractivity contribution in [3.05, 3.63) is 34.8 Å². The van der Waals surface area contributed by atoms with Gasteiger partial charge in [-0.1, -0.05) is 11.3 Å². The second-order valence-electron chi connectivity index (χ2n) is 4.44. The molecule has 1 aromatic carbocycles. The van der Waals surface area contributed by atoms with E-state index in [0.29, 0.717) is 11.4 Å². The first-order chi connectivity index (χ1) is 10.9. The van der Waals surface area contributed by atoms with Crippen LogP contribution in [0.25, 0.3) is 0 Å². The van der Waals surface area contributed by atoms with Gasteiger partial charge < -0.3 is 9.47 Å². The van der Waals surface area contributed by atoms with Crippen molar-refractivity contribution in [2.45, 2.75) is 18.7 Å². The van der Waals surface area contributed by atoms with Crippen molar-refractivity contribution in [3.8, 4) is 5.75 Å². The zero-order chi connectivity index (χ0) is 17.0. The molecular formula is C14H16N2O5S2. The fourth-order valence-electron chi connectivity index (χ4n) is 1.75.